The number of benzene rings is 2. The minimum absolute atomic E-state index is 0.0977. The molecule has 1 atom stereocenters. The van der Waals surface area contributed by atoms with E-state index in [1.54, 1.807) is 6.07 Å². The topological polar surface area (TPSA) is 77.8 Å². The van der Waals surface area contributed by atoms with Crippen LogP contribution in [0.4, 0.5) is 0 Å². The maximum atomic E-state index is 13.6. The number of para-hydroxylation sites is 1. The summed E-state index contributed by atoms with van der Waals surface area (Å²) >= 11 is 4.36. The van der Waals surface area contributed by atoms with Gasteiger partial charge in [0.2, 0.25) is 0 Å². The molecule has 0 saturated carbocycles. The number of esters is 1. The lowest BCUT2D eigenvalue weighted by atomic mass is 9.99. The van der Waals surface area contributed by atoms with Crippen molar-refractivity contribution in [3.8, 4) is 5.75 Å². The normalized spacial score (nSPS) is 12.0. The lowest BCUT2D eigenvalue weighted by Gasteiger charge is -2.12. The van der Waals surface area contributed by atoms with Crippen molar-refractivity contribution >= 4 is 67.9 Å². The number of halogens is 2. The second-order valence-corrected chi connectivity index (χ2v) is 9.66. The van der Waals surface area contributed by atoms with Gasteiger partial charge >= 0.3 is 5.97 Å². The van der Waals surface area contributed by atoms with E-state index in [0.29, 0.717) is 34.5 Å². The molecule has 1 heterocycles. The average molecular weight is 661 g/mol. The highest BCUT2D eigenvalue weighted by Crippen LogP contribution is 2.33. The Bertz CT molecular complexity index is 1100. The molecule has 2 aromatic carbocycles. The summed E-state index contributed by atoms with van der Waals surface area (Å²) < 4.78 is 18.9. The van der Waals surface area contributed by atoms with E-state index in [0.717, 1.165) is 25.9 Å². The minimum atomic E-state index is -0.412. The molecule has 0 aliphatic carbocycles. The zero-order valence-electron chi connectivity index (χ0n) is 18.2. The molecule has 0 radical (unpaired) electrons. The highest BCUT2D eigenvalue weighted by atomic mass is 127. The molecule has 0 saturated heterocycles. The van der Waals surface area contributed by atoms with E-state index in [9.17, 15) is 9.59 Å². The quantitative estimate of drug-likeness (QED) is 0.137. The lowest BCUT2D eigenvalue weighted by Crippen LogP contribution is -2.17. The molecular weight excluding hydrogens is 636 g/mol. The third-order valence-electron chi connectivity index (χ3n) is 4.97. The van der Waals surface area contributed by atoms with Crippen molar-refractivity contribution in [3.63, 3.8) is 0 Å². The minimum Gasteiger partial charge on any atom is -0.490 e. The second-order valence-electron chi connectivity index (χ2n) is 7.33. The standard InChI is InChI=1S/C24H25I2NO5/c1-4-14(2)31-21(28)13-20-22(16-7-5-6-8-19(16)32-20)23(29)15-11-17(25)24(18(26)12-15)30-10-9-27-3/h5-8,11-12,14,27H,4,9-10,13H2,1-3H3. The zero-order chi connectivity index (χ0) is 23.3. The maximum absolute atomic E-state index is 13.6. The number of hydrogen-bond donors (Lipinski definition) is 1. The van der Waals surface area contributed by atoms with E-state index in [-0.39, 0.29) is 18.3 Å². The molecule has 0 spiro atoms. The molecule has 3 aromatic rings. The molecule has 0 fully saturated rings. The molecule has 1 N–H and O–H groups in total. The van der Waals surface area contributed by atoms with Crippen molar-refractivity contribution < 1.29 is 23.5 Å². The number of hydrogen-bond acceptors (Lipinski definition) is 6. The fourth-order valence-corrected chi connectivity index (χ4v) is 5.26. The van der Waals surface area contributed by atoms with Crippen LogP contribution in [0.3, 0.4) is 0 Å². The molecule has 8 heteroatoms. The van der Waals surface area contributed by atoms with Crippen molar-refractivity contribution in [2.75, 3.05) is 20.2 Å². The van der Waals surface area contributed by atoms with Gasteiger partial charge in [-0.25, -0.2) is 0 Å². The smallest absolute Gasteiger partial charge is 0.313 e. The molecule has 6 nitrogen and oxygen atoms in total. The number of ketones is 1. The summed E-state index contributed by atoms with van der Waals surface area (Å²) in [7, 11) is 1.87. The van der Waals surface area contributed by atoms with Crippen LogP contribution in [0.15, 0.2) is 40.8 Å². The largest absolute Gasteiger partial charge is 0.490 e. The van der Waals surface area contributed by atoms with Crippen LogP contribution in [0.2, 0.25) is 0 Å². The van der Waals surface area contributed by atoms with Gasteiger partial charge in [0.05, 0.1) is 18.8 Å². The Morgan fingerprint density at radius 3 is 2.50 bits per heavy atom. The predicted molar refractivity (Wildman–Crippen MR) is 140 cm³/mol. The number of rotatable bonds is 10. The first kappa shape index (κ1) is 25.0. The fourth-order valence-electron chi connectivity index (χ4n) is 3.18. The van der Waals surface area contributed by atoms with Crippen molar-refractivity contribution in [1.82, 2.24) is 5.32 Å². The first-order valence-corrected chi connectivity index (χ1v) is 12.5. The Kier molecular flexibility index (Phi) is 8.95. The van der Waals surface area contributed by atoms with Gasteiger partial charge in [-0.1, -0.05) is 25.1 Å². The van der Waals surface area contributed by atoms with Gasteiger partial charge < -0.3 is 19.2 Å². The molecule has 170 valence electrons. The van der Waals surface area contributed by atoms with Gasteiger partial charge in [0.15, 0.2) is 5.78 Å². The van der Waals surface area contributed by atoms with Crippen molar-refractivity contribution in [3.05, 3.63) is 60.4 Å². The number of nitrogens with one attached hydrogen (secondary N) is 1. The van der Waals surface area contributed by atoms with Gasteiger partial charge in [-0.15, -0.1) is 0 Å². The van der Waals surface area contributed by atoms with Gasteiger partial charge in [-0.2, -0.15) is 0 Å². The van der Waals surface area contributed by atoms with Crippen LogP contribution < -0.4 is 10.1 Å². The van der Waals surface area contributed by atoms with Gasteiger partial charge in [0.1, 0.15) is 30.1 Å². The van der Waals surface area contributed by atoms with Crippen LogP contribution in [0.1, 0.15) is 41.9 Å². The third kappa shape index (κ3) is 5.82. The average Bonchev–Trinajstić information content (AvgIpc) is 3.12. The third-order valence-corrected chi connectivity index (χ3v) is 6.57. The van der Waals surface area contributed by atoms with E-state index in [4.69, 9.17) is 13.9 Å². The summed E-state index contributed by atoms with van der Waals surface area (Å²) in [4.78, 5) is 26.0. The number of fused-ring (bicyclic) bond motifs is 1. The fraction of sp³-hybridized carbons (Fsp3) is 0.333. The van der Waals surface area contributed by atoms with Crippen molar-refractivity contribution in [2.24, 2.45) is 0 Å². The van der Waals surface area contributed by atoms with E-state index in [1.165, 1.54) is 0 Å². The highest BCUT2D eigenvalue weighted by molar-refractivity contribution is 14.1. The number of ether oxygens (including phenoxy) is 2. The summed E-state index contributed by atoms with van der Waals surface area (Å²) in [5.41, 5.74) is 1.48. The maximum Gasteiger partial charge on any atom is 0.313 e. The SMILES string of the molecule is CCC(C)OC(=O)Cc1oc2ccccc2c1C(=O)c1cc(I)c(OCCNC)c(I)c1. The van der Waals surface area contributed by atoms with Gasteiger partial charge in [-0.3, -0.25) is 9.59 Å². The summed E-state index contributed by atoms with van der Waals surface area (Å²) in [6.07, 6.45) is 0.432. The van der Waals surface area contributed by atoms with E-state index >= 15 is 0 Å². The number of furan rings is 1. The van der Waals surface area contributed by atoms with Crippen LogP contribution in [0, 0.1) is 7.14 Å². The monoisotopic (exact) mass is 661 g/mol. The summed E-state index contributed by atoms with van der Waals surface area (Å²) in [5.74, 6) is 0.472. The molecule has 32 heavy (non-hydrogen) atoms. The van der Waals surface area contributed by atoms with Crippen molar-refractivity contribution in [2.45, 2.75) is 32.8 Å². The zero-order valence-corrected chi connectivity index (χ0v) is 22.5. The molecule has 0 aliphatic rings. The van der Waals surface area contributed by atoms with Crippen LogP contribution in [0.5, 0.6) is 5.75 Å². The van der Waals surface area contributed by atoms with Gasteiger partial charge in [0.25, 0.3) is 0 Å². The van der Waals surface area contributed by atoms with Crippen molar-refractivity contribution in [1.29, 1.82) is 0 Å². The molecule has 0 bridgehead atoms. The molecule has 1 aromatic heterocycles. The highest BCUT2D eigenvalue weighted by Gasteiger charge is 2.25. The Morgan fingerprint density at radius 1 is 1.16 bits per heavy atom. The van der Waals surface area contributed by atoms with Crippen LogP contribution >= 0.6 is 45.2 Å². The summed E-state index contributed by atoms with van der Waals surface area (Å²) in [6, 6.07) is 10.9. The molecule has 0 amide bonds. The Morgan fingerprint density at radius 2 is 1.84 bits per heavy atom. The predicted octanol–water partition coefficient (Wildman–Crippen LogP) is 5.36. The van der Waals surface area contributed by atoms with Crippen LogP contribution in [0.25, 0.3) is 11.0 Å². The number of likely N-dealkylation sites (N-methyl/N-ethyl adjacent to an activating group) is 1. The first-order chi connectivity index (χ1) is 15.3. The Labute approximate surface area is 214 Å². The Balaban J connectivity index is 1.98. The van der Waals surface area contributed by atoms with Crippen LogP contribution in [-0.4, -0.2) is 38.1 Å². The van der Waals surface area contributed by atoms with E-state index in [2.05, 4.69) is 50.5 Å². The molecular formula is C24H25I2NO5. The van der Waals surface area contributed by atoms with E-state index < -0.39 is 5.97 Å². The molecule has 0 aliphatic heterocycles. The second kappa shape index (κ2) is 11.5. The van der Waals surface area contributed by atoms with Gasteiger partial charge in [-0.05, 0) is 83.8 Å². The van der Waals surface area contributed by atoms with Gasteiger partial charge in [0, 0.05) is 17.5 Å². The molecule has 3 rings (SSSR count). The van der Waals surface area contributed by atoms with E-state index in [1.807, 2.05) is 51.2 Å². The number of carbonyl (C=O) groups excluding carboxylic acids is 2. The molecule has 1 unspecified atom stereocenters. The first-order valence-electron chi connectivity index (χ1n) is 10.4. The summed E-state index contributed by atoms with van der Waals surface area (Å²) in [5, 5.41) is 3.73. The Hall–Kier alpha value is -1.66. The lowest BCUT2D eigenvalue weighted by molar-refractivity contribution is -0.147. The number of carbonyl (C=O) groups is 2. The van der Waals surface area contributed by atoms with Crippen LogP contribution in [-0.2, 0) is 16.0 Å². The summed E-state index contributed by atoms with van der Waals surface area (Å²) in [6.45, 7) is 5.05.